The lowest BCUT2D eigenvalue weighted by molar-refractivity contribution is -0.138. The first-order chi connectivity index (χ1) is 12.0. The number of ether oxygens (including phenoxy) is 2. The Balaban J connectivity index is 2.24. The molecule has 0 aliphatic rings. The molecule has 0 aliphatic heterocycles. The van der Waals surface area contributed by atoms with Gasteiger partial charge in [-0.2, -0.15) is 0 Å². The van der Waals surface area contributed by atoms with Crippen LogP contribution in [0, 0.1) is 0 Å². The number of rotatable bonds is 7. The van der Waals surface area contributed by atoms with Crippen LogP contribution in [0.2, 0.25) is 0 Å². The molecule has 0 bridgehead atoms. The fraction of sp³-hybridized carbons (Fsp3) is 0.111. The monoisotopic (exact) mass is 405 g/mol. The molecule has 0 fully saturated rings. The highest BCUT2D eigenvalue weighted by molar-refractivity contribution is 9.10. The minimum atomic E-state index is -0.685. The molecule has 2 rings (SSSR count). The van der Waals surface area contributed by atoms with Crippen molar-refractivity contribution in [2.45, 2.75) is 0 Å². The van der Waals surface area contributed by atoms with Gasteiger partial charge in [-0.05, 0) is 51.8 Å². The molecule has 25 heavy (non-hydrogen) atoms. The standard InChI is InChI=1S/C18H16BrNO5/c1-3-10-24-18(22)14(11-12-4-6-13(23-2)7-5-12)20-17(21)15-8-9-16(19)25-15/h3-9,11H,1,10H2,2H3,(H,20,21). The second kappa shape index (κ2) is 8.89. The quantitative estimate of drug-likeness (QED) is 0.432. The van der Waals surface area contributed by atoms with Gasteiger partial charge < -0.3 is 19.2 Å². The summed E-state index contributed by atoms with van der Waals surface area (Å²) in [6, 6.07) is 10.0. The first kappa shape index (κ1) is 18.5. The minimum Gasteiger partial charge on any atom is -0.497 e. The van der Waals surface area contributed by atoms with Crippen LogP contribution in [0.3, 0.4) is 0 Å². The summed E-state index contributed by atoms with van der Waals surface area (Å²) < 4.78 is 15.7. The highest BCUT2D eigenvalue weighted by Crippen LogP contribution is 2.16. The number of furan rings is 1. The second-order valence-corrected chi connectivity index (χ2v) is 5.56. The van der Waals surface area contributed by atoms with Crippen molar-refractivity contribution >= 4 is 33.9 Å². The van der Waals surface area contributed by atoms with Crippen LogP contribution in [0.25, 0.3) is 6.08 Å². The molecule has 6 nitrogen and oxygen atoms in total. The van der Waals surface area contributed by atoms with Gasteiger partial charge in [-0.3, -0.25) is 4.79 Å². The van der Waals surface area contributed by atoms with Crippen molar-refractivity contribution in [3.63, 3.8) is 0 Å². The van der Waals surface area contributed by atoms with Crippen molar-refractivity contribution in [1.29, 1.82) is 0 Å². The summed E-state index contributed by atoms with van der Waals surface area (Å²) in [4.78, 5) is 24.4. The van der Waals surface area contributed by atoms with Gasteiger partial charge in [0.1, 0.15) is 18.1 Å². The highest BCUT2D eigenvalue weighted by Gasteiger charge is 2.18. The Labute approximate surface area is 153 Å². The SMILES string of the molecule is C=CCOC(=O)C(=Cc1ccc(OC)cc1)NC(=O)c1ccc(Br)o1. The van der Waals surface area contributed by atoms with E-state index in [-0.39, 0.29) is 18.1 Å². The molecule has 0 unspecified atom stereocenters. The summed E-state index contributed by atoms with van der Waals surface area (Å²) in [5.74, 6) is -0.517. The van der Waals surface area contributed by atoms with E-state index >= 15 is 0 Å². The van der Waals surface area contributed by atoms with Gasteiger partial charge in [-0.25, -0.2) is 4.79 Å². The Kier molecular flexibility index (Phi) is 6.59. The zero-order chi connectivity index (χ0) is 18.2. The fourth-order valence-corrected chi connectivity index (χ4v) is 2.15. The Morgan fingerprint density at radius 1 is 1.24 bits per heavy atom. The van der Waals surface area contributed by atoms with Gasteiger partial charge in [0.2, 0.25) is 0 Å². The van der Waals surface area contributed by atoms with E-state index in [1.165, 1.54) is 18.2 Å². The van der Waals surface area contributed by atoms with Crippen molar-refractivity contribution in [3.05, 3.63) is 70.7 Å². The van der Waals surface area contributed by atoms with Crippen LogP contribution in [0.1, 0.15) is 16.1 Å². The molecular formula is C18H16BrNO5. The van der Waals surface area contributed by atoms with E-state index in [1.807, 2.05) is 0 Å². The predicted molar refractivity (Wildman–Crippen MR) is 96.0 cm³/mol. The second-order valence-electron chi connectivity index (χ2n) is 4.78. The van der Waals surface area contributed by atoms with Crippen LogP contribution in [0.15, 0.2) is 63.8 Å². The minimum absolute atomic E-state index is 0.0236. The van der Waals surface area contributed by atoms with Crippen LogP contribution in [-0.2, 0) is 9.53 Å². The average Bonchev–Trinajstić information content (AvgIpc) is 3.06. The van der Waals surface area contributed by atoms with Crippen molar-refractivity contribution in [2.75, 3.05) is 13.7 Å². The molecule has 1 amide bonds. The maximum absolute atomic E-state index is 12.2. The third-order valence-electron chi connectivity index (χ3n) is 3.02. The van der Waals surface area contributed by atoms with Crippen LogP contribution >= 0.6 is 15.9 Å². The number of benzene rings is 1. The summed E-state index contributed by atoms with van der Waals surface area (Å²) in [7, 11) is 1.56. The lowest BCUT2D eigenvalue weighted by atomic mass is 10.2. The summed E-state index contributed by atoms with van der Waals surface area (Å²) in [5.41, 5.74) is 0.664. The number of carbonyl (C=O) groups is 2. The van der Waals surface area contributed by atoms with Gasteiger partial charge in [-0.15, -0.1) is 0 Å². The van der Waals surface area contributed by atoms with E-state index in [0.29, 0.717) is 16.0 Å². The number of methoxy groups -OCH3 is 1. The number of hydrogen-bond donors (Lipinski definition) is 1. The van der Waals surface area contributed by atoms with Crippen LogP contribution < -0.4 is 10.1 Å². The third kappa shape index (κ3) is 5.36. The van der Waals surface area contributed by atoms with Gasteiger partial charge >= 0.3 is 5.97 Å². The summed E-state index contributed by atoms with van der Waals surface area (Å²) in [6.07, 6.45) is 2.94. The smallest absolute Gasteiger partial charge is 0.355 e. The molecule has 130 valence electrons. The van der Waals surface area contributed by atoms with Gasteiger partial charge in [0.25, 0.3) is 5.91 Å². The molecule has 1 aromatic carbocycles. The summed E-state index contributed by atoms with van der Waals surface area (Å²) >= 11 is 3.12. The van der Waals surface area contributed by atoms with Gasteiger partial charge in [0.05, 0.1) is 7.11 Å². The van der Waals surface area contributed by atoms with Crippen LogP contribution in [0.4, 0.5) is 0 Å². The molecule has 1 N–H and O–H groups in total. The largest absolute Gasteiger partial charge is 0.497 e. The number of esters is 1. The summed E-state index contributed by atoms with van der Waals surface area (Å²) in [5, 5.41) is 2.50. The highest BCUT2D eigenvalue weighted by atomic mass is 79.9. The Bertz CT molecular complexity index is 792. The maximum Gasteiger partial charge on any atom is 0.355 e. The van der Waals surface area contributed by atoms with Crippen LogP contribution in [0.5, 0.6) is 5.75 Å². The summed E-state index contributed by atoms with van der Waals surface area (Å²) in [6.45, 7) is 3.52. The van der Waals surface area contributed by atoms with Crippen LogP contribution in [-0.4, -0.2) is 25.6 Å². The average molecular weight is 406 g/mol. The van der Waals surface area contributed by atoms with Crippen molar-refractivity contribution in [1.82, 2.24) is 5.32 Å². The molecule has 0 aliphatic carbocycles. The zero-order valence-electron chi connectivity index (χ0n) is 13.5. The van der Waals surface area contributed by atoms with E-state index < -0.39 is 11.9 Å². The van der Waals surface area contributed by atoms with Gasteiger partial charge in [0, 0.05) is 0 Å². The molecule has 0 radical (unpaired) electrons. The molecular weight excluding hydrogens is 390 g/mol. The van der Waals surface area contributed by atoms with Crippen molar-refractivity contribution < 1.29 is 23.5 Å². The molecule has 2 aromatic rings. The molecule has 0 saturated carbocycles. The molecule has 1 heterocycles. The van der Waals surface area contributed by atoms with E-state index in [0.717, 1.165) is 0 Å². The first-order valence-corrected chi connectivity index (χ1v) is 8.03. The topological polar surface area (TPSA) is 77.8 Å². The van der Waals surface area contributed by atoms with E-state index in [2.05, 4.69) is 27.8 Å². The fourth-order valence-electron chi connectivity index (χ4n) is 1.85. The van der Waals surface area contributed by atoms with Gasteiger partial charge in [-0.1, -0.05) is 24.8 Å². The number of carbonyl (C=O) groups excluding carboxylic acids is 2. The van der Waals surface area contributed by atoms with Crippen molar-refractivity contribution in [2.24, 2.45) is 0 Å². The number of hydrogen-bond acceptors (Lipinski definition) is 5. The predicted octanol–water partition coefficient (Wildman–Crippen LogP) is 3.55. The number of halogens is 1. The lowest BCUT2D eigenvalue weighted by Gasteiger charge is -2.09. The van der Waals surface area contributed by atoms with Gasteiger partial charge in [0.15, 0.2) is 10.4 Å². The molecule has 0 saturated heterocycles. The Hall–Kier alpha value is -2.80. The molecule has 7 heteroatoms. The lowest BCUT2D eigenvalue weighted by Crippen LogP contribution is -2.28. The molecule has 0 atom stereocenters. The number of amides is 1. The van der Waals surface area contributed by atoms with E-state index in [9.17, 15) is 9.59 Å². The van der Waals surface area contributed by atoms with E-state index in [1.54, 1.807) is 37.4 Å². The first-order valence-electron chi connectivity index (χ1n) is 7.24. The zero-order valence-corrected chi connectivity index (χ0v) is 15.0. The molecule has 0 spiro atoms. The third-order valence-corrected chi connectivity index (χ3v) is 3.45. The van der Waals surface area contributed by atoms with Crippen molar-refractivity contribution in [3.8, 4) is 5.75 Å². The normalized spacial score (nSPS) is 10.9. The Morgan fingerprint density at radius 2 is 1.96 bits per heavy atom. The Morgan fingerprint density at radius 3 is 2.52 bits per heavy atom. The van der Waals surface area contributed by atoms with E-state index in [4.69, 9.17) is 13.9 Å². The molecule has 1 aromatic heterocycles. The number of nitrogens with one attached hydrogen (secondary N) is 1. The maximum atomic E-state index is 12.2.